The smallest absolute Gasteiger partial charge is 0.0349 e. The number of hydrogen-bond acceptors (Lipinski definition) is 2. The Morgan fingerprint density at radius 2 is 2.11 bits per heavy atom. The number of nitrogens with one attached hydrogen (secondary N) is 2. The lowest BCUT2D eigenvalue weighted by atomic mass is 10.2. The topological polar surface area (TPSA) is 47.7 Å². The van der Waals surface area contributed by atoms with Gasteiger partial charge in [-0.25, -0.2) is 0 Å². The number of allylic oxidation sites excluding steroid dienone is 3. The molecule has 0 aromatic carbocycles. The van der Waals surface area contributed by atoms with E-state index in [4.69, 9.17) is 10.8 Å². The molecule has 2 heteroatoms. The Morgan fingerprint density at radius 3 is 2.44 bits per heavy atom. The van der Waals surface area contributed by atoms with Crippen molar-refractivity contribution in [2.24, 2.45) is 0 Å². The van der Waals surface area contributed by atoms with Gasteiger partial charge in [0.15, 0.2) is 0 Å². The molecule has 0 saturated carbocycles. The third kappa shape index (κ3) is 3.41. The van der Waals surface area contributed by atoms with Crippen molar-refractivity contribution in [2.75, 3.05) is 0 Å². The quantitative estimate of drug-likeness (QED) is 0.423. The van der Waals surface area contributed by atoms with Gasteiger partial charge in [0, 0.05) is 11.9 Å². The molecule has 0 heterocycles. The molecule has 0 unspecified atom stereocenters. The predicted molar refractivity (Wildman–Crippen MR) is 40.5 cm³/mol. The van der Waals surface area contributed by atoms with Gasteiger partial charge in [-0.15, -0.1) is 0 Å². The van der Waals surface area contributed by atoms with Crippen LogP contribution in [0.1, 0.15) is 6.92 Å². The molecule has 0 aliphatic heterocycles. The second kappa shape index (κ2) is 3.78. The molecule has 0 rings (SSSR count). The van der Waals surface area contributed by atoms with E-state index in [2.05, 4.69) is 6.58 Å². The van der Waals surface area contributed by atoms with Crippen LogP contribution in [0, 0.1) is 10.8 Å². The van der Waals surface area contributed by atoms with Crippen molar-refractivity contribution < 1.29 is 0 Å². The summed E-state index contributed by atoms with van der Waals surface area (Å²) in [4.78, 5) is 0. The molecule has 0 radical (unpaired) electrons. The average Bonchev–Trinajstić information content (AvgIpc) is 1.82. The highest BCUT2D eigenvalue weighted by molar-refractivity contribution is 5.98. The molecule has 0 spiro atoms. The first-order valence-electron chi connectivity index (χ1n) is 2.60. The first kappa shape index (κ1) is 7.82. The zero-order valence-corrected chi connectivity index (χ0v) is 5.44. The first-order chi connectivity index (χ1) is 4.18. The van der Waals surface area contributed by atoms with E-state index in [1.54, 1.807) is 19.1 Å². The molecular weight excluding hydrogens is 112 g/mol. The molecular formula is C7H10N2. The summed E-state index contributed by atoms with van der Waals surface area (Å²) in [5, 5.41) is 13.7. The van der Waals surface area contributed by atoms with E-state index in [0.717, 1.165) is 6.21 Å². The highest BCUT2D eigenvalue weighted by Crippen LogP contribution is 1.92. The second-order valence-corrected chi connectivity index (χ2v) is 1.68. The van der Waals surface area contributed by atoms with E-state index in [1.165, 1.54) is 0 Å². The van der Waals surface area contributed by atoms with Crippen molar-refractivity contribution in [3.8, 4) is 0 Å². The largest absolute Gasteiger partial charge is 0.309 e. The maximum Gasteiger partial charge on any atom is 0.0349 e. The lowest BCUT2D eigenvalue weighted by molar-refractivity contribution is 1.47. The van der Waals surface area contributed by atoms with Crippen molar-refractivity contribution in [3.63, 3.8) is 0 Å². The van der Waals surface area contributed by atoms with Crippen LogP contribution in [0.4, 0.5) is 0 Å². The summed E-state index contributed by atoms with van der Waals surface area (Å²) < 4.78 is 0. The normalized spacial score (nSPS) is 9.44. The molecule has 0 amide bonds. The Labute approximate surface area is 54.9 Å². The summed E-state index contributed by atoms with van der Waals surface area (Å²) in [6.45, 7) is 5.24. The van der Waals surface area contributed by atoms with Gasteiger partial charge >= 0.3 is 0 Å². The zero-order valence-electron chi connectivity index (χ0n) is 5.44. The molecule has 0 saturated heterocycles. The van der Waals surface area contributed by atoms with Crippen LogP contribution >= 0.6 is 0 Å². The molecule has 48 valence electrons. The van der Waals surface area contributed by atoms with E-state index in [1.807, 2.05) is 0 Å². The average molecular weight is 122 g/mol. The predicted octanol–water partition coefficient (Wildman–Crippen LogP) is 1.79. The summed E-state index contributed by atoms with van der Waals surface area (Å²) in [6, 6.07) is 0. The standard InChI is InChI=1S/C7H10N2/c1-6(7(2)9)4-3-5-8/h3-5,8-9H,1H2,2H3/b4-3-,8-5?,9-7?. The minimum atomic E-state index is 0.438. The Morgan fingerprint density at radius 1 is 1.56 bits per heavy atom. The molecule has 0 aromatic heterocycles. The van der Waals surface area contributed by atoms with Crippen LogP contribution in [0.2, 0.25) is 0 Å². The number of rotatable bonds is 3. The first-order valence-corrected chi connectivity index (χ1v) is 2.60. The molecule has 0 aliphatic rings. The van der Waals surface area contributed by atoms with Crippen LogP contribution in [0.25, 0.3) is 0 Å². The SMILES string of the molecule is C=C(/C=C\C=N)C(C)=N. The molecule has 9 heavy (non-hydrogen) atoms. The number of hydrogen-bond donors (Lipinski definition) is 2. The lowest BCUT2D eigenvalue weighted by Crippen LogP contribution is -1.88. The van der Waals surface area contributed by atoms with Gasteiger partial charge in [-0.05, 0) is 18.6 Å². The summed E-state index contributed by atoms with van der Waals surface area (Å²) >= 11 is 0. The fourth-order valence-corrected chi connectivity index (χ4v) is 0.289. The van der Waals surface area contributed by atoms with Crippen LogP contribution < -0.4 is 0 Å². The van der Waals surface area contributed by atoms with Gasteiger partial charge in [0.25, 0.3) is 0 Å². The molecule has 0 aromatic rings. The summed E-state index contributed by atoms with van der Waals surface area (Å²) in [5.74, 6) is 0. The third-order valence-corrected chi connectivity index (χ3v) is 0.875. The van der Waals surface area contributed by atoms with Crippen LogP contribution in [-0.4, -0.2) is 11.9 Å². The van der Waals surface area contributed by atoms with Crippen molar-refractivity contribution in [1.29, 1.82) is 10.8 Å². The van der Waals surface area contributed by atoms with E-state index in [-0.39, 0.29) is 0 Å². The molecule has 0 bridgehead atoms. The Balaban J connectivity index is 3.92. The van der Waals surface area contributed by atoms with Gasteiger partial charge in [-0.3, -0.25) is 0 Å². The van der Waals surface area contributed by atoms with Gasteiger partial charge in [0.05, 0.1) is 0 Å². The highest BCUT2D eigenvalue weighted by Gasteiger charge is 1.86. The lowest BCUT2D eigenvalue weighted by Gasteiger charge is -1.90. The van der Waals surface area contributed by atoms with E-state index in [0.29, 0.717) is 11.3 Å². The summed E-state index contributed by atoms with van der Waals surface area (Å²) in [7, 11) is 0. The molecule has 0 fully saturated rings. The molecule has 0 aliphatic carbocycles. The van der Waals surface area contributed by atoms with Gasteiger partial charge in [0.1, 0.15) is 0 Å². The zero-order chi connectivity index (χ0) is 7.28. The van der Waals surface area contributed by atoms with Crippen molar-refractivity contribution in [2.45, 2.75) is 6.92 Å². The van der Waals surface area contributed by atoms with Crippen LogP contribution in [0.5, 0.6) is 0 Å². The molecule has 0 atom stereocenters. The van der Waals surface area contributed by atoms with E-state index < -0.39 is 0 Å². The maximum atomic E-state index is 7.05. The van der Waals surface area contributed by atoms with Crippen LogP contribution in [0.3, 0.4) is 0 Å². The third-order valence-electron chi connectivity index (χ3n) is 0.875. The van der Waals surface area contributed by atoms with E-state index in [9.17, 15) is 0 Å². The van der Waals surface area contributed by atoms with Crippen molar-refractivity contribution >= 4 is 11.9 Å². The monoisotopic (exact) mass is 122 g/mol. The van der Waals surface area contributed by atoms with Crippen molar-refractivity contribution in [3.05, 3.63) is 24.3 Å². The minimum absolute atomic E-state index is 0.438. The van der Waals surface area contributed by atoms with Gasteiger partial charge in [-0.1, -0.05) is 12.7 Å². The Bertz CT molecular complexity index is 166. The Kier molecular flexibility index (Phi) is 3.28. The van der Waals surface area contributed by atoms with Crippen molar-refractivity contribution in [1.82, 2.24) is 0 Å². The fourth-order valence-electron chi connectivity index (χ4n) is 0.289. The van der Waals surface area contributed by atoms with Crippen LogP contribution in [0.15, 0.2) is 24.3 Å². The van der Waals surface area contributed by atoms with Gasteiger partial charge < -0.3 is 10.8 Å². The minimum Gasteiger partial charge on any atom is -0.309 e. The van der Waals surface area contributed by atoms with Gasteiger partial charge in [-0.2, -0.15) is 0 Å². The highest BCUT2D eigenvalue weighted by atomic mass is 14.4. The second-order valence-electron chi connectivity index (χ2n) is 1.68. The summed E-state index contributed by atoms with van der Waals surface area (Å²) in [5.41, 5.74) is 1.09. The Hall–Kier alpha value is -1.18. The van der Waals surface area contributed by atoms with Crippen LogP contribution in [-0.2, 0) is 0 Å². The fraction of sp³-hybridized carbons (Fsp3) is 0.143. The maximum absolute atomic E-state index is 7.05. The molecule has 2 N–H and O–H groups in total. The molecule has 2 nitrogen and oxygen atoms in total. The van der Waals surface area contributed by atoms with E-state index >= 15 is 0 Å². The van der Waals surface area contributed by atoms with Gasteiger partial charge in [0.2, 0.25) is 0 Å². The summed E-state index contributed by atoms with van der Waals surface area (Å²) in [6.07, 6.45) is 4.34.